The molecule has 2 aromatic carbocycles. The third kappa shape index (κ3) is 6.29. The fourth-order valence-electron chi connectivity index (χ4n) is 2.40. The van der Waals surface area contributed by atoms with E-state index < -0.39 is 11.9 Å². The summed E-state index contributed by atoms with van der Waals surface area (Å²) in [6.07, 6.45) is -0.782. The van der Waals surface area contributed by atoms with Crippen LogP contribution in [0.15, 0.2) is 48.5 Å². The zero-order chi connectivity index (χ0) is 19.8. The number of thioether (sulfide) groups is 1. The van der Waals surface area contributed by atoms with Crippen molar-refractivity contribution in [1.29, 1.82) is 0 Å². The van der Waals surface area contributed by atoms with Crippen LogP contribution in [0, 0.1) is 11.7 Å². The van der Waals surface area contributed by atoms with Crippen LogP contribution in [-0.2, 0) is 15.3 Å². The molecule has 1 atom stereocenters. The predicted molar refractivity (Wildman–Crippen MR) is 107 cm³/mol. The normalized spacial score (nSPS) is 11.7. The van der Waals surface area contributed by atoms with Crippen molar-refractivity contribution < 1.29 is 18.7 Å². The maximum Gasteiger partial charge on any atom is 0.411 e. The lowest BCUT2D eigenvalue weighted by atomic mass is 10.1. The second-order valence-electron chi connectivity index (χ2n) is 6.26. The Labute approximate surface area is 162 Å². The molecule has 0 saturated heterocycles. The van der Waals surface area contributed by atoms with Gasteiger partial charge in [0.05, 0.1) is 18.0 Å². The number of hydrogen-bond acceptors (Lipinski definition) is 4. The second-order valence-corrected chi connectivity index (χ2v) is 7.39. The number of amides is 2. The Bertz CT molecular complexity index is 784. The molecule has 2 amide bonds. The highest BCUT2D eigenvalue weighted by Crippen LogP contribution is 2.26. The van der Waals surface area contributed by atoms with E-state index in [1.165, 1.54) is 25.3 Å². The molecule has 0 bridgehead atoms. The number of anilines is 2. The van der Waals surface area contributed by atoms with Gasteiger partial charge in [-0.2, -0.15) is 0 Å². The molecule has 0 spiro atoms. The van der Waals surface area contributed by atoms with Gasteiger partial charge in [0.15, 0.2) is 0 Å². The van der Waals surface area contributed by atoms with Crippen molar-refractivity contribution in [3.63, 3.8) is 0 Å². The van der Waals surface area contributed by atoms with E-state index in [2.05, 4.69) is 15.4 Å². The van der Waals surface area contributed by atoms with Gasteiger partial charge in [-0.05, 0) is 29.7 Å². The number of ether oxygens (including phenoxy) is 1. The molecule has 0 radical (unpaired) electrons. The van der Waals surface area contributed by atoms with E-state index in [1.54, 1.807) is 11.8 Å². The summed E-state index contributed by atoms with van der Waals surface area (Å²) < 4.78 is 18.3. The van der Waals surface area contributed by atoms with Gasteiger partial charge < -0.3 is 10.1 Å². The van der Waals surface area contributed by atoms with Crippen molar-refractivity contribution in [3.05, 3.63) is 59.9 Å². The summed E-state index contributed by atoms with van der Waals surface area (Å²) in [5, 5.41) is 4.81. The zero-order valence-electron chi connectivity index (χ0n) is 15.5. The highest BCUT2D eigenvalue weighted by Gasteiger charge is 2.23. The molecule has 0 aliphatic heterocycles. The molecule has 0 aliphatic rings. The van der Waals surface area contributed by atoms with Gasteiger partial charge in [0.1, 0.15) is 5.82 Å². The van der Waals surface area contributed by atoms with E-state index in [1.807, 2.05) is 44.2 Å². The number of rotatable bonds is 7. The van der Waals surface area contributed by atoms with Crippen molar-refractivity contribution in [1.82, 2.24) is 0 Å². The van der Waals surface area contributed by atoms with Crippen LogP contribution in [0.1, 0.15) is 19.4 Å². The number of hydrogen-bond donors (Lipinski definition) is 2. The number of methoxy groups -OCH3 is 1. The summed E-state index contributed by atoms with van der Waals surface area (Å²) in [5.41, 5.74) is 1.49. The summed E-state index contributed by atoms with van der Waals surface area (Å²) in [6, 6.07) is 13.9. The number of carbonyl (C=O) groups is 2. The van der Waals surface area contributed by atoms with Crippen LogP contribution in [0.25, 0.3) is 0 Å². The minimum absolute atomic E-state index is 0.0577. The van der Waals surface area contributed by atoms with Gasteiger partial charge in [0, 0.05) is 11.4 Å². The molecule has 2 rings (SSSR count). The summed E-state index contributed by atoms with van der Waals surface area (Å²) in [5.74, 6) is 0.0565. The summed E-state index contributed by atoms with van der Waals surface area (Å²) in [4.78, 5) is 24.0. The third-order valence-corrected chi connectivity index (χ3v) is 5.41. The largest absolute Gasteiger partial charge is 0.453 e. The molecule has 0 aliphatic carbocycles. The molecule has 2 aromatic rings. The fourth-order valence-corrected chi connectivity index (χ4v) is 3.56. The van der Waals surface area contributed by atoms with Crippen LogP contribution < -0.4 is 10.6 Å². The van der Waals surface area contributed by atoms with Gasteiger partial charge in [0.25, 0.3) is 0 Å². The van der Waals surface area contributed by atoms with Crippen LogP contribution in [-0.4, -0.2) is 24.4 Å². The van der Waals surface area contributed by atoms with E-state index >= 15 is 0 Å². The first kappa shape index (κ1) is 20.8. The maximum absolute atomic E-state index is 13.8. The minimum Gasteiger partial charge on any atom is -0.453 e. The molecule has 1 unspecified atom stereocenters. The molecular formula is C20H23FN2O3S. The zero-order valence-corrected chi connectivity index (χ0v) is 16.3. The third-order valence-electron chi connectivity index (χ3n) is 3.79. The summed E-state index contributed by atoms with van der Waals surface area (Å²) >= 11 is 1.56. The highest BCUT2D eigenvalue weighted by molar-refractivity contribution is 7.99. The van der Waals surface area contributed by atoms with Gasteiger partial charge in [0.2, 0.25) is 5.91 Å². The smallest absolute Gasteiger partial charge is 0.411 e. The lowest BCUT2D eigenvalue weighted by molar-refractivity contribution is -0.116. The van der Waals surface area contributed by atoms with Gasteiger partial charge in [-0.3, -0.25) is 10.1 Å². The quantitative estimate of drug-likeness (QED) is 0.706. The number of halogens is 1. The predicted octanol–water partition coefficient (Wildman–Crippen LogP) is 4.90. The van der Waals surface area contributed by atoms with Crippen molar-refractivity contribution >= 4 is 35.1 Å². The molecule has 0 aromatic heterocycles. The highest BCUT2D eigenvalue weighted by atomic mass is 32.2. The minimum atomic E-state index is -0.782. The number of nitrogens with one attached hydrogen (secondary N) is 2. The Kier molecular flexibility index (Phi) is 7.67. The van der Waals surface area contributed by atoms with E-state index in [9.17, 15) is 14.0 Å². The topological polar surface area (TPSA) is 67.4 Å². The van der Waals surface area contributed by atoms with Crippen molar-refractivity contribution in [2.75, 3.05) is 17.7 Å². The van der Waals surface area contributed by atoms with Crippen molar-refractivity contribution in [3.8, 4) is 0 Å². The molecule has 2 N–H and O–H groups in total. The molecule has 0 heterocycles. The second kappa shape index (κ2) is 9.97. The molecule has 5 nitrogen and oxygen atoms in total. The Morgan fingerprint density at radius 1 is 1.11 bits per heavy atom. The summed E-state index contributed by atoms with van der Waals surface area (Å²) in [6.45, 7) is 3.97. The Morgan fingerprint density at radius 3 is 2.44 bits per heavy atom. The SMILES string of the molecule is COC(=O)Nc1cc(NC(=O)C(SCc2ccccc2)C(C)C)ccc1F. The standard InChI is InChI=1S/C20H23FN2O3S/c1-13(2)18(27-12-14-7-5-4-6-8-14)19(24)22-15-9-10-16(21)17(11-15)23-20(25)26-3/h4-11,13,18H,12H2,1-3H3,(H,22,24)(H,23,25). The summed E-state index contributed by atoms with van der Waals surface area (Å²) in [7, 11) is 1.19. The van der Waals surface area contributed by atoms with E-state index in [0.29, 0.717) is 5.69 Å². The molecule has 7 heteroatoms. The van der Waals surface area contributed by atoms with Gasteiger partial charge in [-0.1, -0.05) is 44.2 Å². The average Bonchev–Trinajstić information content (AvgIpc) is 2.65. The lowest BCUT2D eigenvalue weighted by Crippen LogP contribution is -2.29. The van der Waals surface area contributed by atoms with Crippen LogP contribution in [0.5, 0.6) is 0 Å². The first-order chi connectivity index (χ1) is 12.9. The van der Waals surface area contributed by atoms with Crippen LogP contribution in [0.4, 0.5) is 20.6 Å². The average molecular weight is 390 g/mol. The van der Waals surface area contributed by atoms with Crippen LogP contribution in [0.2, 0.25) is 0 Å². The fraction of sp³-hybridized carbons (Fsp3) is 0.300. The van der Waals surface area contributed by atoms with Crippen molar-refractivity contribution in [2.24, 2.45) is 5.92 Å². The number of carbonyl (C=O) groups excluding carboxylic acids is 2. The van der Waals surface area contributed by atoms with Gasteiger partial charge in [-0.15, -0.1) is 11.8 Å². The van der Waals surface area contributed by atoms with Gasteiger partial charge in [-0.25, -0.2) is 9.18 Å². The first-order valence-electron chi connectivity index (χ1n) is 8.51. The molecular weight excluding hydrogens is 367 g/mol. The molecule has 144 valence electrons. The van der Waals surface area contributed by atoms with Crippen LogP contribution >= 0.6 is 11.8 Å². The Hall–Kier alpha value is -2.54. The lowest BCUT2D eigenvalue weighted by Gasteiger charge is -2.20. The molecule has 0 saturated carbocycles. The molecule has 27 heavy (non-hydrogen) atoms. The maximum atomic E-state index is 13.8. The van der Waals surface area contributed by atoms with Gasteiger partial charge >= 0.3 is 6.09 Å². The Morgan fingerprint density at radius 2 is 1.81 bits per heavy atom. The van der Waals surface area contributed by atoms with E-state index in [4.69, 9.17) is 0 Å². The Balaban J connectivity index is 2.06. The van der Waals surface area contributed by atoms with Crippen LogP contribution in [0.3, 0.4) is 0 Å². The van der Waals surface area contributed by atoms with E-state index in [-0.39, 0.29) is 22.8 Å². The van der Waals surface area contributed by atoms with Crippen molar-refractivity contribution in [2.45, 2.75) is 24.9 Å². The number of benzene rings is 2. The van der Waals surface area contributed by atoms with E-state index in [0.717, 1.165) is 11.3 Å². The first-order valence-corrected chi connectivity index (χ1v) is 9.56. The molecule has 0 fully saturated rings. The monoisotopic (exact) mass is 390 g/mol.